The lowest BCUT2D eigenvalue weighted by Crippen LogP contribution is -2.14. The number of nitrogens with one attached hydrogen (secondary N) is 2. The minimum absolute atomic E-state index is 0.0425. The standard InChI is InChI=1S/C13H11N2OS/c16-13-8-11(12-6-3-7-17-12)14-9-4-1-2-5-10(9)15-13/h2-7,11,14H,8H2,(H,15,16). The van der Waals surface area contributed by atoms with Gasteiger partial charge in [0.25, 0.3) is 0 Å². The van der Waals surface area contributed by atoms with Crippen molar-refractivity contribution in [3.8, 4) is 0 Å². The highest BCUT2D eigenvalue weighted by Crippen LogP contribution is 2.33. The van der Waals surface area contributed by atoms with E-state index in [-0.39, 0.29) is 11.9 Å². The van der Waals surface area contributed by atoms with Crippen molar-refractivity contribution in [2.45, 2.75) is 12.5 Å². The summed E-state index contributed by atoms with van der Waals surface area (Å²) in [6.45, 7) is 0. The van der Waals surface area contributed by atoms with E-state index in [4.69, 9.17) is 0 Å². The number of hydrogen-bond acceptors (Lipinski definition) is 3. The van der Waals surface area contributed by atoms with E-state index in [1.54, 1.807) is 17.4 Å². The van der Waals surface area contributed by atoms with Gasteiger partial charge < -0.3 is 10.6 Å². The van der Waals surface area contributed by atoms with Crippen molar-refractivity contribution in [2.75, 3.05) is 10.6 Å². The highest BCUT2D eigenvalue weighted by Gasteiger charge is 2.22. The molecule has 3 nitrogen and oxygen atoms in total. The molecule has 4 heteroatoms. The monoisotopic (exact) mass is 243 g/mol. The summed E-state index contributed by atoms with van der Waals surface area (Å²) in [5.74, 6) is 0.0425. The molecule has 1 aliphatic rings. The van der Waals surface area contributed by atoms with Gasteiger partial charge in [0.1, 0.15) is 0 Å². The van der Waals surface area contributed by atoms with Gasteiger partial charge in [-0.1, -0.05) is 12.1 Å². The van der Waals surface area contributed by atoms with Crippen molar-refractivity contribution in [1.82, 2.24) is 0 Å². The quantitative estimate of drug-likeness (QED) is 0.808. The predicted octanol–water partition coefficient (Wildman–Crippen LogP) is 3.04. The first-order chi connectivity index (χ1) is 8.33. The van der Waals surface area contributed by atoms with Gasteiger partial charge in [0, 0.05) is 4.88 Å². The summed E-state index contributed by atoms with van der Waals surface area (Å²) < 4.78 is 0. The zero-order valence-electron chi connectivity index (χ0n) is 9.07. The van der Waals surface area contributed by atoms with Crippen molar-refractivity contribution < 1.29 is 4.79 Å². The minimum Gasteiger partial charge on any atom is -0.375 e. The van der Waals surface area contributed by atoms with Gasteiger partial charge in [-0.15, -0.1) is 11.3 Å². The minimum atomic E-state index is 0.0425. The molecule has 1 aromatic carbocycles. The van der Waals surface area contributed by atoms with Gasteiger partial charge in [-0.25, -0.2) is 0 Å². The number of rotatable bonds is 1. The molecular formula is C13H11N2OS. The molecule has 17 heavy (non-hydrogen) atoms. The third kappa shape index (κ3) is 2.03. The predicted molar refractivity (Wildman–Crippen MR) is 69.2 cm³/mol. The van der Waals surface area contributed by atoms with Crippen molar-refractivity contribution in [3.63, 3.8) is 0 Å². The Morgan fingerprint density at radius 2 is 2.29 bits per heavy atom. The molecule has 0 spiro atoms. The third-order valence-corrected chi connectivity index (χ3v) is 3.73. The Morgan fingerprint density at radius 3 is 3.12 bits per heavy atom. The average molecular weight is 243 g/mol. The van der Waals surface area contributed by atoms with Crippen LogP contribution < -0.4 is 10.6 Å². The molecule has 0 saturated heterocycles. The molecular weight excluding hydrogens is 232 g/mol. The Labute approximate surface area is 103 Å². The molecule has 2 heterocycles. The zero-order chi connectivity index (χ0) is 11.7. The van der Waals surface area contributed by atoms with Gasteiger partial charge >= 0.3 is 0 Å². The van der Waals surface area contributed by atoms with Crippen LogP contribution in [0.1, 0.15) is 17.3 Å². The van der Waals surface area contributed by atoms with Crippen molar-refractivity contribution >= 4 is 28.6 Å². The largest absolute Gasteiger partial charge is 0.375 e. The van der Waals surface area contributed by atoms with Crippen molar-refractivity contribution in [1.29, 1.82) is 0 Å². The normalized spacial score (nSPS) is 18.8. The van der Waals surface area contributed by atoms with Crippen molar-refractivity contribution in [3.05, 3.63) is 46.7 Å². The Morgan fingerprint density at radius 1 is 1.35 bits per heavy atom. The number of thiophene rings is 1. The summed E-state index contributed by atoms with van der Waals surface area (Å²) >= 11 is 1.66. The maximum absolute atomic E-state index is 11.8. The summed E-state index contributed by atoms with van der Waals surface area (Å²) in [5, 5.41) is 8.31. The number of carbonyl (C=O) groups is 1. The molecule has 0 aliphatic carbocycles. The van der Waals surface area contributed by atoms with Gasteiger partial charge in [-0.2, -0.15) is 0 Å². The number of carbonyl (C=O) groups excluding carboxylic acids is 1. The average Bonchev–Trinajstić information content (AvgIpc) is 2.79. The van der Waals surface area contributed by atoms with Gasteiger partial charge in [0.05, 0.1) is 23.8 Å². The maximum Gasteiger partial charge on any atom is 0.226 e. The van der Waals surface area contributed by atoms with E-state index < -0.39 is 0 Å². The fraction of sp³-hybridized carbons (Fsp3) is 0.154. The number of amides is 1. The zero-order valence-corrected chi connectivity index (χ0v) is 9.88. The van der Waals surface area contributed by atoms with E-state index in [9.17, 15) is 4.79 Å². The lowest BCUT2D eigenvalue weighted by Gasteiger charge is -2.14. The summed E-state index contributed by atoms with van der Waals surface area (Å²) in [7, 11) is 0. The molecule has 1 unspecified atom stereocenters. The smallest absolute Gasteiger partial charge is 0.226 e. The number of benzene rings is 1. The van der Waals surface area contributed by atoms with E-state index in [1.807, 2.05) is 29.6 Å². The summed E-state index contributed by atoms with van der Waals surface area (Å²) in [6.07, 6.45) is 0.454. The van der Waals surface area contributed by atoms with Crippen LogP contribution in [0.4, 0.5) is 11.4 Å². The van der Waals surface area contributed by atoms with Crippen LogP contribution in [0.2, 0.25) is 0 Å². The van der Waals surface area contributed by atoms with Crippen LogP contribution >= 0.6 is 11.3 Å². The van der Waals surface area contributed by atoms with Gasteiger partial charge in [-0.05, 0) is 29.6 Å². The second kappa shape index (κ2) is 4.22. The summed E-state index contributed by atoms with van der Waals surface area (Å²) in [4.78, 5) is 13.0. The van der Waals surface area contributed by atoms with Gasteiger partial charge in [0.2, 0.25) is 5.91 Å². The van der Waals surface area contributed by atoms with Gasteiger partial charge in [0.15, 0.2) is 0 Å². The SMILES string of the molecule is O=C1CC(c2cccs2)Nc2c[c]ccc2N1. The van der Waals surface area contributed by atoms with Crippen LogP contribution in [-0.2, 0) is 4.79 Å². The van der Waals surface area contributed by atoms with E-state index >= 15 is 0 Å². The van der Waals surface area contributed by atoms with Crippen LogP contribution in [0, 0.1) is 6.07 Å². The maximum atomic E-state index is 11.8. The Balaban J connectivity index is 1.98. The number of hydrogen-bond donors (Lipinski definition) is 2. The molecule has 0 saturated carbocycles. The number of fused-ring (bicyclic) bond motifs is 1. The molecule has 1 amide bonds. The van der Waals surface area contributed by atoms with Crippen LogP contribution in [0.3, 0.4) is 0 Å². The molecule has 2 N–H and O–H groups in total. The van der Waals surface area contributed by atoms with E-state index in [1.165, 1.54) is 4.88 Å². The van der Waals surface area contributed by atoms with E-state index in [2.05, 4.69) is 16.7 Å². The molecule has 0 fully saturated rings. The van der Waals surface area contributed by atoms with Crippen molar-refractivity contribution in [2.24, 2.45) is 0 Å². The second-order valence-electron chi connectivity index (χ2n) is 3.94. The molecule has 1 radical (unpaired) electrons. The first kappa shape index (κ1) is 10.4. The topological polar surface area (TPSA) is 41.1 Å². The lowest BCUT2D eigenvalue weighted by molar-refractivity contribution is -0.116. The Hall–Kier alpha value is -1.81. The highest BCUT2D eigenvalue weighted by atomic mass is 32.1. The Bertz CT molecular complexity index is 536. The molecule has 0 bridgehead atoms. The number of anilines is 2. The third-order valence-electron chi connectivity index (χ3n) is 2.74. The van der Waals surface area contributed by atoms with Crippen LogP contribution in [-0.4, -0.2) is 5.91 Å². The molecule has 2 aromatic rings. The van der Waals surface area contributed by atoms with Crippen LogP contribution in [0.15, 0.2) is 35.7 Å². The lowest BCUT2D eigenvalue weighted by atomic mass is 10.1. The van der Waals surface area contributed by atoms with E-state index in [0.717, 1.165) is 11.4 Å². The Kier molecular flexibility index (Phi) is 2.57. The summed E-state index contributed by atoms with van der Waals surface area (Å²) in [6, 6.07) is 12.6. The van der Waals surface area contributed by atoms with Gasteiger partial charge in [-0.3, -0.25) is 4.79 Å². The molecule has 1 atom stereocenters. The fourth-order valence-electron chi connectivity index (χ4n) is 1.95. The van der Waals surface area contributed by atoms with Crippen LogP contribution in [0.5, 0.6) is 0 Å². The molecule has 85 valence electrons. The molecule has 3 rings (SSSR count). The first-order valence-corrected chi connectivity index (χ1v) is 6.31. The van der Waals surface area contributed by atoms with E-state index in [0.29, 0.717) is 6.42 Å². The first-order valence-electron chi connectivity index (χ1n) is 5.43. The summed E-state index contributed by atoms with van der Waals surface area (Å²) in [5.41, 5.74) is 1.75. The molecule has 1 aliphatic heterocycles. The fourth-order valence-corrected chi connectivity index (χ4v) is 2.72. The highest BCUT2D eigenvalue weighted by molar-refractivity contribution is 7.10. The molecule has 1 aromatic heterocycles. The van der Waals surface area contributed by atoms with Crippen LogP contribution in [0.25, 0.3) is 0 Å². The second-order valence-corrected chi connectivity index (χ2v) is 4.92.